The van der Waals surface area contributed by atoms with Gasteiger partial charge in [-0.15, -0.1) is 0 Å². The molecule has 0 atom stereocenters. The van der Waals surface area contributed by atoms with Gasteiger partial charge in [-0.05, 0) is 62.2 Å². The van der Waals surface area contributed by atoms with Gasteiger partial charge in [-0.1, -0.05) is 36.7 Å². The smallest absolute Gasteiger partial charge is 0.277 e. The zero-order chi connectivity index (χ0) is 20.8. The molecule has 0 unspecified atom stereocenters. The first kappa shape index (κ1) is 20.7. The third-order valence-electron chi connectivity index (χ3n) is 4.63. The Balaban J connectivity index is 1.62. The number of carbonyl (C=O) groups excluding carboxylic acids is 1. The van der Waals surface area contributed by atoms with Crippen molar-refractivity contribution in [2.24, 2.45) is 5.10 Å². The number of aromatic nitrogens is 1. The third kappa shape index (κ3) is 5.27. The molecule has 3 rings (SSSR count). The summed E-state index contributed by atoms with van der Waals surface area (Å²) in [5.41, 5.74) is 8.00. The van der Waals surface area contributed by atoms with Gasteiger partial charge in [0, 0.05) is 27.7 Å². The second kappa shape index (κ2) is 9.43. The van der Waals surface area contributed by atoms with Gasteiger partial charge in [-0.25, -0.2) is 5.43 Å². The lowest BCUT2D eigenvalue weighted by Gasteiger charge is -2.10. The number of nitrogens with one attached hydrogen (secondary N) is 1. The fraction of sp³-hybridized carbons (Fsp3) is 0.217. The number of ether oxygens (including phenoxy) is 1. The number of carbonyl (C=O) groups is 1. The van der Waals surface area contributed by atoms with E-state index in [9.17, 15) is 4.79 Å². The molecule has 1 amide bonds. The van der Waals surface area contributed by atoms with Crippen LogP contribution in [-0.4, -0.2) is 23.3 Å². The van der Waals surface area contributed by atoms with E-state index >= 15 is 0 Å². The van der Waals surface area contributed by atoms with Gasteiger partial charge in [0.25, 0.3) is 5.91 Å². The maximum Gasteiger partial charge on any atom is 0.277 e. The van der Waals surface area contributed by atoms with Crippen molar-refractivity contribution < 1.29 is 9.53 Å². The van der Waals surface area contributed by atoms with Crippen LogP contribution in [0, 0.1) is 13.8 Å². The summed E-state index contributed by atoms with van der Waals surface area (Å²) in [5.74, 6) is 0.194. The maximum atomic E-state index is 11.9. The second-order valence-electron chi connectivity index (χ2n) is 6.72. The standard InChI is InChI=1S/C23H24ClN3O2/c1-4-18-8-10-21(11-9-18)27-16(2)12-19(17(27)3)14-25-26-23(28)15-29-22-7-5-6-20(24)13-22/h5-14H,4,15H2,1-3H3,(H,26,28)/b25-14+. The summed E-state index contributed by atoms with van der Waals surface area (Å²) >= 11 is 5.89. The van der Waals surface area contributed by atoms with E-state index in [1.165, 1.54) is 5.56 Å². The number of nitrogens with zero attached hydrogens (tertiary/aromatic N) is 2. The van der Waals surface area contributed by atoms with Gasteiger partial charge in [0.1, 0.15) is 5.75 Å². The topological polar surface area (TPSA) is 55.6 Å². The van der Waals surface area contributed by atoms with Crippen LogP contribution in [0.5, 0.6) is 5.75 Å². The Morgan fingerprint density at radius 2 is 1.93 bits per heavy atom. The second-order valence-corrected chi connectivity index (χ2v) is 7.16. The van der Waals surface area contributed by atoms with E-state index in [-0.39, 0.29) is 12.5 Å². The van der Waals surface area contributed by atoms with E-state index in [2.05, 4.69) is 53.2 Å². The molecule has 0 fully saturated rings. The van der Waals surface area contributed by atoms with E-state index < -0.39 is 0 Å². The van der Waals surface area contributed by atoms with E-state index in [1.54, 1.807) is 30.5 Å². The zero-order valence-electron chi connectivity index (χ0n) is 16.8. The molecule has 0 aliphatic rings. The van der Waals surface area contributed by atoms with Gasteiger partial charge in [0.15, 0.2) is 6.61 Å². The highest BCUT2D eigenvalue weighted by Gasteiger charge is 2.09. The molecular formula is C23H24ClN3O2. The van der Waals surface area contributed by atoms with Crippen molar-refractivity contribution in [2.45, 2.75) is 27.2 Å². The summed E-state index contributed by atoms with van der Waals surface area (Å²) in [6.07, 6.45) is 2.67. The van der Waals surface area contributed by atoms with Crippen molar-refractivity contribution in [3.8, 4) is 11.4 Å². The first-order valence-electron chi connectivity index (χ1n) is 9.46. The first-order chi connectivity index (χ1) is 14.0. The highest BCUT2D eigenvalue weighted by molar-refractivity contribution is 6.30. The van der Waals surface area contributed by atoms with Crippen molar-refractivity contribution in [3.63, 3.8) is 0 Å². The Bertz CT molecular complexity index is 1020. The Labute approximate surface area is 176 Å². The Morgan fingerprint density at radius 1 is 1.17 bits per heavy atom. The van der Waals surface area contributed by atoms with Crippen molar-refractivity contribution in [1.82, 2.24) is 9.99 Å². The van der Waals surface area contributed by atoms with E-state index in [0.29, 0.717) is 10.8 Å². The molecule has 1 N–H and O–H groups in total. The molecule has 0 radical (unpaired) electrons. The molecule has 3 aromatic rings. The quantitative estimate of drug-likeness (QED) is 0.448. The van der Waals surface area contributed by atoms with E-state index in [0.717, 1.165) is 29.1 Å². The summed E-state index contributed by atoms with van der Waals surface area (Å²) in [4.78, 5) is 11.9. The highest BCUT2D eigenvalue weighted by atomic mass is 35.5. The molecule has 0 saturated carbocycles. The largest absolute Gasteiger partial charge is 0.484 e. The fourth-order valence-electron chi connectivity index (χ4n) is 3.11. The predicted molar refractivity (Wildman–Crippen MR) is 117 cm³/mol. The van der Waals surface area contributed by atoms with Gasteiger partial charge < -0.3 is 9.30 Å². The highest BCUT2D eigenvalue weighted by Crippen LogP contribution is 2.20. The number of halogens is 1. The van der Waals surface area contributed by atoms with Gasteiger partial charge in [-0.3, -0.25) is 4.79 Å². The van der Waals surface area contributed by atoms with Crippen LogP contribution in [-0.2, 0) is 11.2 Å². The van der Waals surface area contributed by atoms with Crippen LogP contribution in [0.15, 0.2) is 59.7 Å². The summed E-state index contributed by atoms with van der Waals surface area (Å²) in [7, 11) is 0. The number of hydrogen-bond acceptors (Lipinski definition) is 3. The van der Waals surface area contributed by atoms with Crippen LogP contribution >= 0.6 is 11.6 Å². The zero-order valence-corrected chi connectivity index (χ0v) is 17.5. The molecule has 6 heteroatoms. The number of aryl methyl sites for hydroxylation is 2. The molecule has 1 aromatic heterocycles. The van der Waals surface area contributed by atoms with Crippen molar-refractivity contribution in [3.05, 3.63) is 82.1 Å². The number of rotatable bonds is 7. The monoisotopic (exact) mass is 409 g/mol. The van der Waals surface area contributed by atoms with Crippen molar-refractivity contribution in [1.29, 1.82) is 0 Å². The average molecular weight is 410 g/mol. The Kier molecular flexibility index (Phi) is 6.73. The molecule has 0 spiro atoms. The number of hydrazone groups is 1. The predicted octanol–water partition coefficient (Wildman–Crippen LogP) is 4.84. The summed E-state index contributed by atoms with van der Waals surface area (Å²) in [6.45, 7) is 6.09. The van der Waals surface area contributed by atoms with Crippen molar-refractivity contribution >= 4 is 23.7 Å². The average Bonchev–Trinajstić information content (AvgIpc) is 3.00. The molecule has 2 aromatic carbocycles. The van der Waals surface area contributed by atoms with Crippen LogP contribution in [0.25, 0.3) is 5.69 Å². The minimum atomic E-state index is -0.342. The van der Waals surface area contributed by atoms with Crippen LogP contribution in [0.3, 0.4) is 0 Å². The van der Waals surface area contributed by atoms with Crippen LogP contribution in [0.2, 0.25) is 5.02 Å². The van der Waals surface area contributed by atoms with Crippen molar-refractivity contribution in [2.75, 3.05) is 6.61 Å². The molecule has 5 nitrogen and oxygen atoms in total. The van der Waals surface area contributed by atoms with E-state index in [1.807, 2.05) is 13.0 Å². The minimum absolute atomic E-state index is 0.138. The van der Waals surface area contributed by atoms with E-state index in [4.69, 9.17) is 16.3 Å². The molecule has 0 bridgehead atoms. The summed E-state index contributed by atoms with van der Waals surface area (Å²) in [5, 5.41) is 4.62. The summed E-state index contributed by atoms with van der Waals surface area (Å²) in [6, 6.07) is 17.5. The SMILES string of the molecule is CCc1ccc(-n2c(C)cc(/C=N/NC(=O)COc3cccc(Cl)c3)c2C)cc1. The number of amides is 1. The Hall–Kier alpha value is -3.05. The van der Waals surface area contributed by atoms with Crippen LogP contribution in [0.4, 0.5) is 0 Å². The fourth-order valence-corrected chi connectivity index (χ4v) is 3.29. The lowest BCUT2D eigenvalue weighted by atomic mass is 10.1. The van der Waals surface area contributed by atoms with Gasteiger partial charge in [0.05, 0.1) is 6.21 Å². The van der Waals surface area contributed by atoms with Crippen LogP contribution < -0.4 is 10.2 Å². The summed E-state index contributed by atoms with van der Waals surface area (Å²) < 4.78 is 7.57. The maximum absolute atomic E-state index is 11.9. The van der Waals surface area contributed by atoms with Gasteiger partial charge >= 0.3 is 0 Å². The van der Waals surface area contributed by atoms with Gasteiger partial charge in [-0.2, -0.15) is 5.10 Å². The Morgan fingerprint density at radius 3 is 2.62 bits per heavy atom. The molecular weight excluding hydrogens is 386 g/mol. The normalized spacial score (nSPS) is 11.0. The lowest BCUT2D eigenvalue weighted by Crippen LogP contribution is -2.24. The first-order valence-corrected chi connectivity index (χ1v) is 9.84. The lowest BCUT2D eigenvalue weighted by molar-refractivity contribution is -0.123. The van der Waals surface area contributed by atoms with Gasteiger partial charge in [0.2, 0.25) is 0 Å². The molecule has 29 heavy (non-hydrogen) atoms. The minimum Gasteiger partial charge on any atom is -0.484 e. The molecule has 0 saturated heterocycles. The molecule has 150 valence electrons. The molecule has 0 aliphatic heterocycles. The molecule has 1 heterocycles. The molecule has 0 aliphatic carbocycles. The van der Waals surface area contributed by atoms with Crippen LogP contribution in [0.1, 0.15) is 29.4 Å². The number of benzene rings is 2. The third-order valence-corrected chi connectivity index (χ3v) is 4.87. The number of hydrogen-bond donors (Lipinski definition) is 1.